The first-order chi connectivity index (χ1) is 12.4. The molecule has 0 saturated carbocycles. The third-order valence-electron chi connectivity index (χ3n) is 3.30. The van der Waals surface area contributed by atoms with Crippen LogP contribution in [0.5, 0.6) is 5.75 Å². The number of amides is 1. The molecule has 0 bridgehead atoms. The van der Waals surface area contributed by atoms with Gasteiger partial charge in [0.05, 0.1) is 4.92 Å². The molecule has 0 aromatic heterocycles. The molecular weight excluding hydrogens is 340 g/mol. The number of rotatable bonds is 7. The Bertz CT molecular complexity index is 858. The first kappa shape index (κ1) is 18.7. The number of carboxylic acids is 1. The molecule has 0 aliphatic carbocycles. The van der Waals surface area contributed by atoms with Crippen LogP contribution < -0.4 is 10.1 Å². The standard InChI is InChI=1S/C18H16N2O6/c1-12(21)19-16(18(22)23)10-14-4-2-3-5-17(14)26-11-13-6-8-15(9-7-13)20(24)25/h2-10H,11H2,1H3,(H,19,21)(H,22,23)/b16-10+. The summed E-state index contributed by atoms with van der Waals surface area (Å²) >= 11 is 0. The van der Waals surface area contributed by atoms with E-state index < -0.39 is 16.8 Å². The van der Waals surface area contributed by atoms with Crippen molar-refractivity contribution in [3.8, 4) is 5.75 Å². The lowest BCUT2D eigenvalue weighted by molar-refractivity contribution is -0.384. The van der Waals surface area contributed by atoms with Gasteiger partial charge in [-0.3, -0.25) is 14.9 Å². The van der Waals surface area contributed by atoms with Gasteiger partial charge in [-0.05, 0) is 29.8 Å². The molecule has 26 heavy (non-hydrogen) atoms. The molecule has 0 saturated heterocycles. The number of benzene rings is 2. The van der Waals surface area contributed by atoms with Gasteiger partial charge in [0.2, 0.25) is 5.91 Å². The quantitative estimate of drug-likeness (QED) is 0.447. The number of para-hydroxylation sites is 1. The van der Waals surface area contributed by atoms with E-state index in [4.69, 9.17) is 4.74 Å². The average molecular weight is 356 g/mol. The number of nitro groups is 1. The molecule has 0 aliphatic rings. The predicted molar refractivity (Wildman–Crippen MR) is 93.3 cm³/mol. The summed E-state index contributed by atoms with van der Waals surface area (Å²) in [5.74, 6) is -1.36. The van der Waals surface area contributed by atoms with E-state index in [1.807, 2.05) is 0 Å². The van der Waals surface area contributed by atoms with Gasteiger partial charge in [-0.25, -0.2) is 4.79 Å². The van der Waals surface area contributed by atoms with Gasteiger partial charge in [-0.2, -0.15) is 0 Å². The Kier molecular flexibility index (Phi) is 6.05. The molecule has 0 fully saturated rings. The van der Waals surface area contributed by atoms with Crippen molar-refractivity contribution in [3.63, 3.8) is 0 Å². The molecule has 0 spiro atoms. The second-order valence-corrected chi connectivity index (χ2v) is 5.29. The zero-order valence-electron chi connectivity index (χ0n) is 13.8. The van der Waals surface area contributed by atoms with Crippen LogP contribution in [0, 0.1) is 10.1 Å². The summed E-state index contributed by atoms with van der Waals surface area (Å²) in [4.78, 5) is 32.5. The molecule has 2 rings (SSSR count). The van der Waals surface area contributed by atoms with E-state index in [9.17, 15) is 24.8 Å². The van der Waals surface area contributed by atoms with Crippen LogP contribution in [0.4, 0.5) is 5.69 Å². The van der Waals surface area contributed by atoms with Crippen LogP contribution in [0.3, 0.4) is 0 Å². The van der Waals surface area contributed by atoms with Crippen molar-refractivity contribution in [1.29, 1.82) is 0 Å². The van der Waals surface area contributed by atoms with Gasteiger partial charge in [-0.1, -0.05) is 18.2 Å². The predicted octanol–water partition coefficient (Wildman–Crippen LogP) is 2.74. The van der Waals surface area contributed by atoms with Crippen molar-refractivity contribution < 1.29 is 24.4 Å². The Hall–Kier alpha value is -3.68. The Morgan fingerprint density at radius 1 is 1.19 bits per heavy atom. The zero-order chi connectivity index (χ0) is 19.1. The number of nitro benzene ring substituents is 1. The van der Waals surface area contributed by atoms with Gasteiger partial charge in [0.15, 0.2) is 0 Å². The average Bonchev–Trinajstić information content (AvgIpc) is 2.60. The van der Waals surface area contributed by atoms with E-state index in [0.717, 1.165) is 5.56 Å². The maximum Gasteiger partial charge on any atom is 0.352 e. The molecule has 0 unspecified atom stereocenters. The van der Waals surface area contributed by atoms with Crippen molar-refractivity contribution in [3.05, 3.63) is 75.5 Å². The molecule has 2 aromatic carbocycles. The fourth-order valence-corrected chi connectivity index (χ4v) is 2.10. The van der Waals surface area contributed by atoms with Crippen LogP contribution in [0.2, 0.25) is 0 Å². The Morgan fingerprint density at radius 3 is 2.42 bits per heavy atom. The summed E-state index contributed by atoms with van der Waals surface area (Å²) in [5.41, 5.74) is 0.901. The molecule has 8 heteroatoms. The number of non-ortho nitro benzene ring substituents is 1. The number of nitrogens with one attached hydrogen (secondary N) is 1. The lowest BCUT2D eigenvalue weighted by Crippen LogP contribution is -2.24. The number of carbonyl (C=O) groups excluding carboxylic acids is 1. The van der Waals surface area contributed by atoms with Gasteiger partial charge in [-0.15, -0.1) is 0 Å². The molecule has 134 valence electrons. The third kappa shape index (κ3) is 5.17. The maximum absolute atomic E-state index is 11.2. The van der Waals surface area contributed by atoms with Crippen LogP contribution in [0.1, 0.15) is 18.1 Å². The van der Waals surface area contributed by atoms with E-state index in [0.29, 0.717) is 11.3 Å². The minimum atomic E-state index is -1.27. The molecule has 0 atom stereocenters. The van der Waals surface area contributed by atoms with Crippen molar-refractivity contribution in [2.45, 2.75) is 13.5 Å². The largest absolute Gasteiger partial charge is 0.488 e. The van der Waals surface area contributed by atoms with Crippen molar-refractivity contribution in [2.24, 2.45) is 0 Å². The first-order valence-corrected chi connectivity index (χ1v) is 7.54. The summed E-state index contributed by atoms with van der Waals surface area (Å²) in [5, 5.41) is 22.1. The lowest BCUT2D eigenvalue weighted by Gasteiger charge is -2.10. The SMILES string of the molecule is CC(=O)N/C(=C/c1ccccc1OCc1ccc([N+](=O)[O-])cc1)C(=O)O. The summed E-state index contributed by atoms with van der Waals surface area (Å²) in [6.07, 6.45) is 1.30. The minimum Gasteiger partial charge on any atom is -0.488 e. The summed E-state index contributed by atoms with van der Waals surface area (Å²) in [6.45, 7) is 1.36. The number of ether oxygens (including phenoxy) is 1. The number of carboxylic acid groups (broad SMARTS) is 1. The Balaban J connectivity index is 2.19. The van der Waals surface area contributed by atoms with E-state index >= 15 is 0 Å². The number of carbonyl (C=O) groups is 2. The summed E-state index contributed by atoms with van der Waals surface area (Å²) < 4.78 is 5.69. The van der Waals surface area contributed by atoms with Crippen molar-refractivity contribution >= 4 is 23.6 Å². The molecule has 8 nitrogen and oxygen atoms in total. The molecule has 2 N–H and O–H groups in total. The molecular formula is C18H16N2O6. The van der Waals surface area contributed by atoms with Crippen LogP contribution in [0.25, 0.3) is 6.08 Å². The monoisotopic (exact) mass is 356 g/mol. The topological polar surface area (TPSA) is 119 Å². The van der Waals surface area contributed by atoms with Gasteiger partial charge in [0.25, 0.3) is 5.69 Å². The number of nitrogens with zero attached hydrogens (tertiary/aromatic N) is 1. The van der Waals surface area contributed by atoms with E-state index in [-0.39, 0.29) is 18.0 Å². The van der Waals surface area contributed by atoms with E-state index in [1.54, 1.807) is 36.4 Å². The van der Waals surface area contributed by atoms with Crippen LogP contribution in [0.15, 0.2) is 54.2 Å². The second kappa shape index (κ2) is 8.43. The highest BCUT2D eigenvalue weighted by Gasteiger charge is 2.11. The Morgan fingerprint density at radius 2 is 1.85 bits per heavy atom. The molecule has 0 aliphatic heterocycles. The summed E-state index contributed by atoms with van der Waals surface area (Å²) in [6, 6.07) is 12.7. The van der Waals surface area contributed by atoms with Gasteiger partial charge in [0, 0.05) is 24.6 Å². The highest BCUT2D eigenvalue weighted by molar-refractivity contribution is 5.96. The van der Waals surface area contributed by atoms with E-state index in [1.165, 1.54) is 25.1 Å². The third-order valence-corrected chi connectivity index (χ3v) is 3.30. The van der Waals surface area contributed by atoms with Crippen LogP contribution in [-0.4, -0.2) is 21.9 Å². The van der Waals surface area contributed by atoms with Crippen LogP contribution in [-0.2, 0) is 16.2 Å². The normalized spacial score (nSPS) is 10.9. The first-order valence-electron chi connectivity index (χ1n) is 7.54. The fourth-order valence-electron chi connectivity index (χ4n) is 2.10. The lowest BCUT2D eigenvalue weighted by atomic mass is 10.1. The highest BCUT2D eigenvalue weighted by atomic mass is 16.6. The number of aliphatic carboxylic acids is 1. The molecule has 2 aromatic rings. The van der Waals surface area contributed by atoms with Crippen molar-refractivity contribution in [2.75, 3.05) is 0 Å². The number of hydrogen-bond acceptors (Lipinski definition) is 5. The smallest absolute Gasteiger partial charge is 0.352 e. The Labute approximate surface area is 148 Å². The maximum atomic E-state index is 11.2. The van der Waals surface area contributed by atoms with Gasteiger partial charge < -0.3 is 15.2 Å². The van der Waals surface area contributed by atoms with Crippen LogP contribution >= 0.6 is 0 Å². The van der Waals surface area contributed by atoms with Gasteiger partial charge in [0.1, 0.15) is 18.1 Å². The zero-order valence-corrected chi connectivity index (χ0v) is 13.8. The summed E-state index contributed by atoms with van der Waals surface area (Å²) in [7, 11) is 0. The molecule has 0 radical (unpaired) electrons. The molecule has 1 amide bonds. The molecule has 0 heterocycles. The van der Waals surface area contributed by atoms with E-state index in [2.05, 4.69) is 5.32 Å². The fraction of sp³-hybridized carbons (Fsp3) is 0.111. The minimum absolute atomic E-state index is 0.0153. The van der Waals surface area contributed by atoms with Gasteiger partial charge >= 0.3 is 5.97 Å². The highest BCUT2D eigenvalue weighted by Crippen LogP contribution is 2.22. The van der Waals surface area contributed by atoms with Crippen molar-refractivity contribution in [1.82, 2.24) is 5.32 Å². The number of hydrogen-bond donors (Lipinski definition) is 2. The second-order valence-electron chi connectivity index (χ2n) is 5.29.